The van der Waals surface area contributed by atoms with Crippen LogP contribution in [-0.2, 0) is 33.3 Å². The average Bonchev–Trinajstić information content (AvgIpc) is 2.67. The molecule has 166 valence electrons. The van der Waals surface area contributed by atoms with E-state index in [0.717, 1.165) is 12.8 Å². The van der Waals surface area contributed by atoms with Crippen molar-refractivity contribution < 1.29 is 31.3 Å². The average molecular weight is 423 g/mol. The van der Waals surface area contributed by atoms with Crippen molar-refractivity contribution in [3.8, 4) is 12.0 Å². The molecule has 0 aliphatic carbocycles. The SMILES string of the molecule is CCCCCCCCCCCCC#COOS(=O)(=O)OCCOCCOCC. The molecule has 0 aromatic carbocycles. The summed E-state index contributed by atoms with van der Waals surface area (Å²) in [6.45, 7) is 5.50. The highest BCUT2D eigenvalue weighted by Gasteiger charge is 2.13. The normalized spacial score (nSPS) is 11.2. The molecular weight excluding hydrogens is 384 g/mol. The van der Waals surface area contributed by atoms with E-state index in [9.17, 15) is 8.42 Å². The van der Waals surface area contributed by atoms with E-state index in [4.69, 9.17) is 9.47 Å². The van der Waals surface area contributed by atoms with E-state index in [2.05, 4.69) is 32.4 Å². The van der Waals surface area contributed by atoms with Gasteiger partial charge in [0.05, 0.1) is 26.4 Å². The first-order valence-corrected chi connectivity index (χ1v) is 11.8. The molecule has 0 aromatic heterocycles. The Balaban J connectivity index is 3.44. The van der Waals surface area contributed by atoms with E-state index >= 15 is 0 Å². The molecule has 0 aliphatic heterocycles. The summed E-state index contributed by atoms with van der Waals surface area (Å²) in [6.07, 6.45) is 15.4. The van der Waals surface area contributed by atoms with Gasteiger partial charge in [0.15, 0.2) is 6.11 Å². The molecule has 0 rings (SSSR count). The van der Waals surface area contributed by atoms with Gasteiger partial charge >= 0.3 is 10.4 Å². The fraction of sp³-hybridized carbons (Fsp3) is 0.900. The summed E-state index contributed by atoms with van der Waals surface area (Å²) in [5.41, 5.74) is 0. The van der Waals surface area contributed by atoms with E-state index in [1.165, 1.54) is 51.4 Å². The molecule has 0 radical (unpaired) electrons. The quantitative estimate of drug-likeness (QED) is 0.123. The number of hydrogen-bond donors (Lipinski definition) is 0. The van der Waals surface area contributed by atoms with E-state index in [-0.39, 0.29) is 13.2 Å². The summed E-state index contributed by atoms with van der Waals surface area (Å²) < 4.78 is 41.6. The molecule has 0 unspecified atom stereocenters. The van der Waals surface area contributed by atoms with Crippen molar-refractivity contribution in [3.05, 3.63) is 0 Å². The molecule has 0 saturated heterocycles. The highest BCUT2D eigenvalue weighted by atomic mass is 32.3. The summed E-state index contributed by atoms with van der Waals surface area (Å²) >= 11 is 0. The Morgan fingerprint density at radius 1 is 0.714 bits per heavy atom. The molecule has 7 nitrogen and oxygen atoms in total. The zero-order chi connectivity index (χ0) is 20.8. The molecule has 0 heterocycles. The van der Waals surface area contributed by atoms with Gasteiger partial charge in [0.25, 0.3) is 0 Å². The van der Waals surface area contributed by atoms with Crippen molar-refractivity contribution in [2.75, 3.05) is 33.0 Å². The predicted octanol–water partition coefficient (Wildman–Crippen LogP) is 4.52. The van der Waals surface area contributed by atoms with Crippen LogP contribution in [0.4, 0.5) is 0 Å². The Hall–Kier alpha value is -0.850. The fourth-order valence-electron chi connectivity index (χ4n) is 2.42. The molecule has 8 heteroatoms. The van der Waals surface area contributed by atoms with Crippen molar-refractivity contribution in [1.82, 2.24) is 0 Å². The zero-order valence-corrected chi connectivity index (χ0v) is 18.4. The summed E-state index contributed by atoms with van der Waals surface area (Å²) in [7, 11) is -4.23. The number of hydrogen-bond acceptors (Lipinski definition) is 7. The Morgan fingerprint density at radius 2 is 1.29 bits per heavy atom. The van der Waals surface area contributed by atoms with Crippen LogP contribution in [0.2, 0.25) is 0 Å². The minimum Gasteiger partial charge on any atom is -0.379 e. The second-order valence-corrected chi connectivity index (χ2v) is 7.59. The lowest BCUT2D eigenvalue weighted by Crippen LogP contribution is -2.15. The van der Waals surface area contributed by atoms with Crippen LogP contribution in [0.15, 0.2) is 0 Å². The molecule has 28 heavy (non-hydrogen) atoms. The van der Waals surface area contributed by atoms with Gasteiger partial charge in [-0.05, 0) is 17.7 Å². The second-order valence-electron chi connectivity index (χ2n) is 6.40. The van der Waals surface area contributed by atoms with Gasteiger partial charge in [-0.1, -0.05) is 70.6 Å². The van der Waals surface area contributed by atoms with Crippen LogP contribution in [0.25, 0.3) is 0 Å². The lowest BCUT2D eigenvalue weighted by atomic mass is 10.1. The van der Waals surface area contributed by atoms with Gasteiger partial charge < -0.3 is 9.47 Å². The lowest BCUT2D eigenvalue weighted by molar-refractivity contribution is -0.139. The standard InChI is InChI=1S/C20H38O7S/c1-3-5-6-7-8-9-10-11-12-13-14-15-16-25-27-28(21,22)26-20-19-24-18-17-23-4-2/h3-14,17-20H2,1-2H3. The Bertz CT molecular complexity index is 483. The molecule has 0 bridgehead atoms. The van der Waals surface area contributed by atoms with Crippen LogP contribution in [0, 0.1) is 12.0 Å². The fourth-order valence-corrected chi connectivity index (χ4v) is 2.85. The third kappa shape index (κ3) is 21.5. The predicted molar refractivity (Wildman–Crippen MR) is 109 cm³/mol. The van der Waals surface area contributed by atoms with Crippen LogP contribution < -0.4 is 0 Å². The summed E-state index contributed by atoms with van der Waals surface area (Å²) in [5.74, 6) is 2.72. The van der Waals surface area contributed by atoms with Gasteiger partial charge in [0.1, 0.15) is 0 Å². The minimum atomic E-state index is -4.23. The van der Waals surface area contributed by atoms with Gasteiger partial charge in [-0.25, -0.2) is 4.18 Å². The lowest BCUT2D eigenvalue weighted by Gasteiger charge is -2.04. The Morgan fingerprint density at radius 3 is 1.93 bits per heavy atom. The molecule has 0 aliphatic rings. The van der Waals surface area contributed by atoms with Crippen LogP contribution >= 0.6 is 0 Å². The monoisotopic (exact) mass is 422 g/mol. The van der Waals surface area contributed by atoms with Gasteiger partial charge in [-0.15, -0.1) is 0 Å². The summed E-state index contributed by atoms with van der Waals surface area (Å²) in [6, 6.07) is 0. The Labute approximate surface area is 171 Å². The van der Waals surface area contributed by atoms with Gasteiger partial charge in [-0.2, -0.15) is 8.42 Å². The minimum absolute atomic E-state index is 0.111. The van der Waals surface area contributed by atoms with E-state index in [0.29, 0.717) is 26.2 Å². The third-order valence-corrected chi connectivity index (χ3v) is 4.61. The third-order valence-electron chi connectivity index (χ3n) is 3.92. The maximum Gasteiger partial charge on any atom is 0.436 e. The van der Waals surface area contributed by atoms with Crippen molar-refractivity contribution in [3.63, 3.8) is 0 Å². The largest absolute Gasteiger partial charge is 0.436 e. The summed E-state index contributed by atoms with van der Waals surface area (Å²) in [5, 5.41) is 0. The van der Waals surface area contributed by atoms with Crippen molar-refractivity contribution in [1.29, 1.82) is 0 Å². The van der Waals surface area contributed by atoms with Gasteiger partial charge in [0, 0.05) is 13.0 Å². The topological polar surface area (TPSA) is 80.3 Å². The van der Waals surface area contributed by atoms with Crippen molar-refractivity contribution in [2.24, 2.45) is 0 Å². The maximum absolute atomic E-state index is 11.4. The molecule has 0 N–H and O–H groups in total. The Kier molecular flexibility index (Phi) is 20.2. The highest BCUT2D eigenvalue weighted by Crippen LogP contribution is 2.11. The van der Waals surface area contributed by atoms with E-state index < -0.39 is 10.4 Å². The van der Waals surface area contributed by atoms with Crippen molar-refractivity contribution in [2.45, 2.75) is 84.5 Å². The molecule has 0 saturated carbocycles. The molecule has 0 spiro atoms. The van der Waals surface area contributed by atoms with E-state index in [1.807, 2.05) is 6.92 Å². The molecule has 0 atom stereocenters. The van der Waals surface area contributed by atoms with Crippen LogP contribution in [0.1, 0.15) is 84.5 Å². The first-order valence-electron chi connectivity index (χ1n) is 10.5. The van der Waals surface area contributed by atoms with Crippen LogP contribution in [0.3, 0.4) is 0 Å². The molecule has 0 amide bonds. The van der Waals surface area contributed by atoms with Crippen LogP contribution in [0.5, 0.6) is 0 Å². The van der Waals surface area contributed by atoms with E-state index in [1.54, 1.807) is 0 Å². The first kappa shape index (κ1) is 27.1. The summed E-state index contributed by atoms with van der Waals surface area (Å²) in [4.78, 5) is 4.37. The highest BCUT2D eigenvalue weighted by molar-refractivity contribution is 7.81. The number of rotatable bonds is 20. The van der Waals surface area contributed by atoms with Crippen molar-refractivity contribution >= 4 is 10.4 Å². The first-order chi connectivity index (χ1) is 13.6. The number of ether oxygens (including phenoxy) is 2. The van der Waals surface area contributed by atoms with Gasteiger partial charge in [0.2, 0.25) is 0 Å². The molecule has 0 aromatic rings. The number of unbranched alkanes of at least 4 members (excludes halogenated alkanes) is 10. The molecular formula is C20H38O7S. The molecule has 0 fully saturated rings. The van der Waals surface area contributed by atoms with Crippen LogP contribution in [-0.4, -0.2) is 41.5 Å². The second kappa shape index (κ2) is 20.9. The van der Waals surface area contributed by atoms with Gasteiger partial charge in [-0.3, -0.25) is 4.89 Å². The maximum atomic E-state index is 11.4. The zero-order valence-electron chi connectivity index (χ0n) is 17.6. The smallest absolute Gasteiger partial charge is 0.379 e.